The van der Waals surface area contributed by atoms with Crippen LogP contribution in [0.3, 0.4) is 0 Å². The van der Waals surface area contributed by atoms with Crippen LogP contribution < -0.4 is 4.72 Å². The van der Waals surface area contributed by atoms with E-state index in [1.54, 1.807) is 48.5 Å². The van der Waals surface area contributed by atoms with Crippen LogP contribution in [-0.4, -0.2) is 39.3 Å². The highest BCUT2D eigenvalue weighted by atomic mass is 32.2. The number of sulfonamides is 1. The molecule has 1 N–H and O–H groups in total. The average Bonchev–Trinajstić information content (AvgIpc) is 2.90. The van der Waals surface area contributed by atoms with Gasteiger partial charge in [-0.05, 0) is 24.1 Å². The van der Waals surface area contributed by atoms with Crippen molar-refractivity contribution in [1.82, 2.24) is 0 Å². The van der Waals surface area contributed by atoms with E-state index in [0.717, 1.165) is 6.26 Å². The molecule has 2 aromatic carbocycles. The number of fused-ring (bicyclic) bond motifs is 1. The molecule has 1 aliphatic carbocycles. The van der Waals surface area contributed by atoms with Crippen molar-refractivity contribution in [3.63, 3.8) is 0 Å². The highest BCUT2D eigenvalue weighted by molar-refractivity contribution is 7.92. The van der Waals surface area contributed by atoms with Gasteiger partial charge in [-0.2, -0.15) is 0 Å². The van der Waals surface area contributed by atoms with Crippen molar-refractivity contribution in [2.75, 3.05) is 18.1 Å². The fourth-order valence-corrected chi connectivity index (χ4v) is 3.96. The third-order valence-corrected chi connectivity index (χ3v) is 5.25. The lowest BCUT2D eigenvalue weighted by Gasteiger charge is -2.19. The van der Waals surface area contributed by atoms with Gasteiger partial charge < -0.3 is 4.74 Å². The minimum absolute atomic E-state index is 0.113. The van der Waals surface area contributed by atoms with E-state index in [4.69, 9.17) is 4.74 Å². The van der Waals surface area contributed by atoms with Crippen molar-refractivity contribution in [3.05, 3.63) is 65.2 Å². The SMILES string of the molecule is COC(=O)[C@H](Cc1ccc(NS(C)(=O)=O)cc1)C1C(=O)c2ccccc2C1=O. The largest absolute Gasteiger partial charge is 0.469 e. The quantitative estimate of drug-likeness (QED) is 0.587. The Hall–Kier alpha value is -3.00. The predicted octanol–water partition coefficient (Wildman–Crippen LogP) is 2.09. The van der Waals surface area contributed by atoms with Crippen LogP contribution in [0.1, 0.15) is 26.3 Å². The summed E-state index contributed by atoms with van der Waals surface area (Å²) in [7, 11) is -2.19. The van der Waals surface area contributed by atoms with E-state index >= 15 is 0 Å². The molecule has 1 atom stereocenters. The summed E-state index contributed by atoms with van der Waals surface area (Å²) in [6.07, 6.45) is 1.16. The molecule has 0 aliphatic heterocycles. The highest BCUT2D eigenvalue weighted by Gasteiger charge is 2.46. The van der Waals surface area contributed by atoms with E-state index in [9.17, 15) is 22.8 Å². The van der Waals surface area contributed by atoms with E-state index in [0.29, 0.717) is 22.4 Å². The number of esters is 1. The Morgan fingerprint density at radius 1 is 1.04 bits per heavy atom. The summed E-state index contributed by atoms with van der Waals surface area (Å²) in [6.45, 7) is 0. The monoisotopic (exact) mass is 401 g/mol. The Balaban J connectivity index is 1.87. The summed E-state index contributed by atoms with van der Waals surface area (Å²) in [6, 6.07) is 12.9. The Morgan fingerprint density at radius 3 is 2.04 bits per heavy atom. The molecule has 0 amide bonds. The third-order valence-electron chi connectivity index (χ3n) is 4.64. The van der Waals surface area contributed by atoms with Gasteiger partial charge in [0.1, 0.15) is 0 Å². The van der Waals surface area contributed by atoms with Crippen LogP contribution in [0, 0.1) is 11.8 Å². The van der Waals surface area contributed by atoms with Crippen LogP contribution in [0.2, 0.25) is 0 Å². The van der Waals surface area contributed by atoms with Gasteiger partial charge >= 0.3 is 5.97 Å². The van der Waals surface area contributed by atoms with Crippen molar-refractivity contribution in [1.29, 1.82) is 0 Å². The summed E-state index contributed by atoms with van der Waals surface area (Å²) < 4.78 is 29.8. The molecular weight excluding hydrogens is 382 g/mol. The average molecular weight is 401 g/mol. The molecule has 0 heterocycles. The zero-order valence-electron chi connectivity index (χ0n) is 15.3. The maximum atomic E-state index is 12.8. The van der Waals surface area contributed by atoms with Gasteiger partial charge in [-0.3, -0.25) is 19.1 Å². The lowest BCUT2D eigenvalue weighted by Crippen LogP contribution is -2.34. The molecular formula is C20H19NO6S. The minimum atomic E-state index is -3.40. The van der Waals surface area contributed by atoms with Gasteiger partial charge in [-0.1, -0.05) is 36.4 Å². The molecule has 28 heavy (non-hydrogen) atoms. The molecule has 1 aliphatic rings. The Bertz CT molecular complexity index is 1010. The highest BCUT2D eigenvalue weighted by Crippen LogP contribution is 2.34. The van der Waals surface area contributed by atoms with Crippen molar-refractivity contribution in [3.8, 4) is 0 Å². The molecule has 146 valence electrons. The topological polar surface area (TPSA) is 107 Å². The number of carbonyl (C=O) groups excluding carboxylic acids is 3. The number of hydrogen-bond donors (Lipinski definition) is 1. The first kappa shape index (κ1) is 19.8. The first-order valence-electron chi connectivity index (χ1n) is 8.53. The van der Waals surface area contributed by atoms with E-state index in [-0.39, 0.29) is 18.0 Å². The summed E-state index contributed by atoms with van der Waals surface area (Å²) >= 11 is 0. The molecule has 0 unspecified atom stereocenters. The van der Waals surface area contributed by atoms with Gasteiger partial charge in [0.2, 0.25) is 10.0 Å². The number of rotatable bonds is 6. The zero-order valence-corrected chi connectivity index (χ0v) is 16.2. The Morgan fingerprint density at radius 2 is 1.57 bits per heavy atom. The second-order valence-electron chi connectivity index (χ2n) is 6.66. The first-order chi connectivity index (χ1) is 13.2. The van der Waals surface area contributed by atoms with Gasteiger partial charge in [0, 0.05) is 16.8 Å². The van der Waals surface area contributed by atoms with Crippen LogP contribution in [0.25, 0.3) is 0 Å². The number of carbonyl (C=O) groups is 3. The van der Waals surface area contributed by atoms with Crippen LogP contribution in [0.4, 0.5) is 5.69 Å². The fourth-order valence-electron chi connectivity index (χ4n) is 3.40. The molecule has 0 radical (unpaired) electrons. The summed E-state index contributed by atoms with van der Waals surface area (Å²) in [5.41, 5.74) is 1.69. The fraction of sp³-hybridized carbons (Fsp3) is 0.250. The summed E-state index contributed by atoms with van der Waals surface area (Å²) in [4.78, 5) is 37.9. The Kier molecular flexibility index (Phi) is 5.33. The van der Waals surface area contributed by atoms with E-state index in [1.807, 2.05) is 0 Å². The number of anilines is 1. The Labute approximate surface area is 162 Å². The van der Waals surface area contributed by atoms with Crippen LogP contribution in [0.5, 0.6) is 0 Å². The standard InChI is InChI=1S/C20H19NO6S/c1-27-20(24)16(11-12-7-9-13(10-8-12)21-28(2,25)26)17-18(22)14-5-3-4-6-15(14)19(17)23/h3-10,16-17,21H,11H2,1-2H3/t16-/m1/s1. The van der Waals surface area contributed by atoms with Gasteiger partial charge in [-0.25, -0.2) is 8.42 Å². The number of ether oxygens (including phenoxy) is 1. The van der Waals surface area contributed by atoms with Crippen LogP contribution in [-0.2, 0) is 26.0 Å². The predicted molar refractivity (Wildman–Crippen MR) is 103 cm³/mol. The number of hydrogen-bond acceptors (Lipinski definition) is 6. The second kappa shape index (κ2) is 7.55. The molecule has 0 saturated heterocycles. The van der Waals surface area contributed by atoms with Crippen molar-refractivity contribution >= 4 is 33.2 Å². The zero-order chi connectivity index (χ0) is 20.5. The van der Waals surface area contributed by atoms with E-state index < -0.39 is 27.8 Å². The third kappa shape index (κ3) is 3.96. The number of Topliss-reactive ketones (excluding diaryl/α,β-unsaturated/α-hetero) is 2. The first-order valence-corrected chi connectivity index (χ1v) is 10.4. The summed E-state index contributed by atoms with van der Waals surface area (Å²) in [5, 5.41) is 0. The smallest absolute Gasteiger partial charge is 0.310 e. The van der Waals surface area contributed by atoms with Crippen LogP contribution in [0.15, 0.2) is 48.5 Å². The van der Waals surface area contributed by atoms with Crippen LogP contribution >= 0.6 is 0 Å². The molecule has 8 heteroatoms. The molecule has 0 fully saturated rings. The lowest BCUT2D eigenvalue weighted by atomic mass is 9.83. The summed E-state index contributed by atoms with van der Waals surface area (Å²) in [5.74, 6) is -3.50. The van der Waals surface area contributed by atoms with Crippen molar-refractivity contribution in [2.24, 2.45) is 11.8 Å². The normalized spacial score (nSPS) is 15.2. The molecule has 0 saturated carbocycles. The van der Waals surface area contributed by atoms with Gasteiger partial charge in [0.15, 0.2) is 11.6 Å². The number of nitrogens with one attached hydrogen (secondary N) is 1. The number of benzene rings is 2. The molecule has 0 aromatic heterocycles. The van der Waals surface area contributed by atoms with E-state index in [1.165, 1.54) is 7.11 Å². The number of ketones is 2. The van der Waals surface area contributed by atoms with Crippen molar-refractivity contribution < 1.29 is 27.5 Å². The van der Waals surface area contributed by atoms with Gasteiger partial charge in [-0.15, -0.1) is 0 Å². The van der Waals surface area contributed by atoms with E-state index in [2.05, 4.69) is 4.72 Å². The van der Waals surface area contributed by atoms with Crippen molar-refractivity contribution in [2.45, 2.75) is 6.42 Å². The maximum absolute atomic E-state index is 12.8. The molecule has 0 bridgehead atoms. The maximum Gasteiger partial charge on any atom is 0.310 e. The molecule has 3 rings (SSSR count). The minimum Gasteiger partial charge on any atom is -0.469 e. The second-order valence-corrected chi connectivity index (χ2v) is 8.41. The molecule has 7 nitrogen and oxygen atoms in total. The van der Waals surface area contributed by atoms with Gasteiger partial charge in [0.25, 0.3) is 0 Å². The lowest BCUT2D eigenvalue weighted by molar-refractivity contribution is -0.146. The number of methoxy groups -OCH3 is 1. The molecule has 0 spiro atoms. The van der Waals surface area contributed by atoms with Gasteiger partial charge in [0.05, 0.1) is 25.2 Å². The molecule has 2 aromatic rings.